The average molecular weight is 345 g/mol. The Morgan fingerprint density at radius 2 is 1.88 bits per heavy atom. The molecule has 1 aromatic rings. The highest BCUT2D eigenvalue weighted by molar-refractivity contribution is 5.85. The number of methoxy groups -OCH3 is 1. The van der Waals surface area contributed by atoms with Gasteiger partial charge in [0, 0.05) is 32.7 Å². The van der Waals surface area contributed by atoms with E-state index < -0.39 is 11.9 Å². The van der Waals surface area contributed by atoms with Crippen LogP contribution in [0.4, 0.5) is 0 Å². The molecule has 0 aromatic heterocycles. The highest BCUT2D eigenvalue weighted by Crippen LogP contribution is 2.45. The molecule has 1 saturated carbocycles. The number of amides is 1. The maximum atomic E-state index is 13.3. The van der Waals surface area contributed by atoms with E-state index in [4.69, 9.17) is 4.74 Å². The number of rotatable bonds is 6. The van der Waals surface area contributed by atoms with E-state index in [1.54, 1.807) is 12.0 Å². The molecule has 1 aliphatic heterocycles. The lowest BCUT2D eigenvalue weighted by molar-refractivity contribution is -0.144. The molecule has 25 heavy (non-hydrogen) atoms. The molecule has 1 heterocycles. The fourth-order valence-corrected chi connectivity index (χ4v) is 4.51. The van der Waals surface area contributed by atoms with E-state index in [-0.39, 0.29) is 17.2 Å². The molecular weight excluding hydrogens is 318 g/mol. The van der Waals surface area contributed by atoms with Gasteiger partial charge in [0.25, 0.3) is 0 Å². The van der Waals surface area contributed by atoms with E-state index >= 15 is 0 Å². The minimum absolute atomic E-state index is 0.131. The van der Waals surface area contributed by atoms with Gasteiger partial charge < -0.3 is 14.7 Å². The summed E-state index contributed by atoms with van der Waals surface area (Å²) in [6, 6.07) is 9.71. The van der Waals surface area contributed by atoms with Crippen molar-refractivity contribution < 1.29 is 19.4 Å². The summed E-state index contributed by atoms with van der Waals surface area (Å²) in [6.07, 6.45) is 4.63. The van der Waals surface area contributed by atoms with Crippen LogP contribution >= 0.6 is 0 Å². The molecule has 0 radical (unpaired) electrons. The Morgan fingerprint density at radius 1 is 1.20 bits per heavy atom. The maximum absolute atomic E-state index is 13.3. The predicted octanol–water partition coefficient (Wildman–Crippen LogP) is 2.91. The molecule has 0 spiro atoms. The Bertz CT molecular complexity index is 609. The molecule has 0 bridgehead atoms. The molecule has 2 aliphatic rings. The summed E-state index contributed by atoms with van der Waals surface area (Å²) in [4.78, 5) is 26.9. The van der Waals surface area contributed by atoms with Crippen LogP contribution in [0.25, 0.3) is 0 Å². The molecule has 1 saturated heterocycles. The Morgan fingerprint density at radius 3 is 2.48 bits per heavy atom. The summed E-state index contributed by atoms with van der Waals surface area (Å²) >= 11 is 0. The fraction of sp³-hybridized carbons (Fsp3) is 0.600. The number of carboxylic acids is 1. The Hall–Kier alpha value is -1.88. The third kappa shape index (κ3) is 3.56. The van der Waals surface area contributed by atoms with Crippen molar-refractivity contribution in [1.29, 1.82) is 0 Å². The van der Waals surface area contributed by atoms with E-state index in [1.165, 1.54) is 0 Å². The molecule has 1 aliphatic carbocycles. The highest BCUT2D eigenvalue weighted by atomic mass is 16.5. The Labute approximate surface area is 149 Å². The number of benzene rings is 1. The zero-order valence-electron chi connectivity index (χ0n) is 14.8. The van der Waals surface area contributed by atoms with Crippen LogP contribution in [-0.2, 0) is 14.3 Å². The van der Waals surface area contributed by atoms with Crippen molar-refractivity contribution >= 4 is 11.9 Å². The molecular formula is C20H27NO4. The van der Waals surface area contributed by atoms with E-state index in [1.807, 2.05) is 30.3 Å². The number of carbonyl (C=O) groups is 2. The van der Waals surface area contributed by atoms with E-state index in [0.717, 1.165) is 37.7 Å². The minimum atomic E-state index is -0.818. The molecule has 1 aromatic carbocycles. The van der Waals surface area contributed by atoms with E-state index in [2.05, 4.69) is 0 Å². The molecule has 1 amide bonds. The largest absolute Gasteiger partial charge is 0.481 e. The first-order valence-corrected chi connectivity index (χ1v) is 9.13. The number of nitrogens with zero attached hydrogens (tertiary/aromatic N) is 1. The van der Waals surface area contributed by atoms with Crippen LogP contribution < -0.4 is 0 Å². The van der Waals surface area contributed by atoms with Crippen LogP contribution in [-0.4, -0.2) is 48.7 Å². The van der Waals surface area contributed by atoms with Gasteiger partial charge in [-0.1, -0.05) is 43.2 Å². The molecule has 2 unspecified atom stereocenters. The fourth-order valence-electron chi connectivity index (χ4n) is 4.51. The number of hydrogen-bond donors (Lipinski definition) is 1. The maximum Gasteiger partial charge on any atom is 0.308 e. The van der Waals surface area contributed by atoms with Gasteiger partial charge in [0.2, 0.25) is 5.91 Å². The minimum Gasteiger partial charge on any atom is -0.481 e. The van der Waals surface area contributed by atoms with Gasteiger partial charge in [-0.05, 0) is 24.8 Å². The van der Waals surface area contributed by atoms with Gasteiger partial charge in [-0.2, -0.15) is 0 Å². The number of carboxylic acid groups (broad SMARTS) is 1. The summed E-state index contributed by atoms with van der Waals surface area (Å²) < 4.78 is 5.23. The van der Waals surface area contributed by atoms with Crippen molar-refractivity contribution in [1.82, 2.24) is 4.90 Å². The highest BCUT2D eigenvalue weighted by Gasteiger charge is 2.48. The zero-order chi connectivity index (χ0) is 17.9. The van der Waals surface area contributed by atoms with Gasteiger partial charge >= 0.3 is 5.97 Å². The van der Waals surface area contributed by atoms with Crippen molar-refractivity contribution in [3.05, 3.63) is 35.9 Å². The zero-order valence-corrected chi connectivity index (χ0v) is 14.8. The topological polar surface area (TPSA) is 66.8 Å². The second kappa shape index (κ2) is 7.56. The molecule has 1 N–H and O–H groups in total. The predicted molar refractivity (Wildman–Crippen MR) is 94.3 cm³/mol. The lowest BCUT2D eigenvalue weighted by atomic mass is 9.81. The molecule has 5 nitrogen and oxygen atoms in total. The van der Waals surface area contributed by atoms with Crippen molar-refractivity contribution in [2.24, 2.45) is 11.3 Å². The third-order valence-electron chi connectivity index (χ3n) is 5.95. The normalized spacial score (nSPS) is 25.2. The Kier molecular flexibility index (Phi) is 5.42. The van der Waals surface area contributed by atoms with E-state index in [9.17, 15) is 14.7 Å². The second-order valence-corrected chi connectivity index (χ2v) is 7.40. The number of carbonyl (C=O) groups excluding carboxylic acids is 1. The van der Waals surface area contributed by atoms with Crippen molar-refractivity contribution in [3.8, 4) is 0 Å². The van der Waals surface area contributed by atoms with Gasteiger partial charge in [0.15, 0.2) is 0 Å². The first-order valence-electron chi connectivity index (χ1n) is 9.13. The Balaban J connectivity index is 1.80. The summed E-state index contributed by atoms with van der Waals surface area (Å²) in [6.45, 7) is 1.38. The first kappa shape index (κ1) is 17.9. The molecule has 3 rings (SSSR count). The van der Waals surface area contributed by atoms with Crippen molar-refractivity contribution in [3.63, 3.8) is 0 Å². The number of ether oxygens (including phenoxy) is 1. The second-order valence-electron chi connectivity index (χ2n) is 7.40. The third-order valence-corrected chi connectivity index (χ3v) is 5.95. The number of aliphatic carboxylic acids is 1. The quantitative estimate of drug-likeness (QED) is 0.861. The van der Waals surface area contributed by atoms with Crippen LogP contribution in [0.2, 0.25) is 0 Å². The lowest BCUT2D eigenvalue weighted by Crippen LogP contribution is -2.42. The van der Waals surface area contributed by atoms with Crippen LogP contribution in [0.5, 0.6) is 0 Å². The van der Waals surface area contributed by atoms with Crippen LogP contribution in [0.15, 0.2) is 30.3 Å². The lowest BCUT2D eigenvalue weighted by Gasteiger charge is -2.32. The van der Waals surface area contributed by atoms with Gasteiger partial charge in [-0.25, -0.2) is 0 Å². The molecule has 2 atom stereocenters. The number of likely N-dealkylation sites (tertiary alicyclic amines) is 1. The summed E-state index contributed by atoms with van der Waals surface area (Å²) in [5.41, 5.74) is 0.646. The number of hydrogen-bond acceptors (Lipinski definition) is 3. The first-order chi connectivity index (χ1) is 12.1. The molecule has 2 fully saturated rings. The summed E-state index contributed by atoms with van der Waals surface area (Å²) in [5.74, 6) is -1.36. The van der Waals surface area contributed by atoms with E-state index in [0.29, 0.717) is 19.7 Å². The van der Waals surface area contributed by atoms with Crippen LogP contribution in [0.3, 0.4) is 0 Å². The SMILES string of the molecule is COCCC1(C(=O)N2CC(C(=O)O)C(c3ccccc3)C2)CCCC1. The van der Waals surface area contributed by atoms with Crippen molar-refractivity contribution in [2.45, 2.75) is 38.0 Å². The van der Waals surface area contributed by atoms with Crippen molar-refractivity contribution in [2.75, 3.05) is 26.8 Å². The average Bonchev–Trinajstić information content (AvgIpc) is 3.28. The summed E-state index contributed by atoms with van der Waals surface area (Å²) in [7, 11) is 1.66. The molecule has 136 valence electrons. The van der Waals surface area contributed by atoms with Gasteiger partial charge in [0.05, 0.1) is 11.3 Å². The summed E-state index contributed by atoms with van der Waals surface area (Å²) in [5, 5.41) is 9.66. The smallest absolute Gasteiger partial charge is 0.308 e. The standard InChI is InChI=1S/C20H27NO4/c1-25-12-11-20(9-5-6-10-20)19(24)21-13-16(17(14-21)18(22)23)15-7-3-2-4-8-15/h2-4,7-8,16-17H,5-6,9-14H2,1H3,(H,22,23). The van der Waals surface area contributed by atoms with Gasteiger partial charge in [0.1, 0.15) is 0 Å². The van der Waals surface area contributed by atoms with Gasteiger partial charge in [-0.15, -0.1) is 0 Å². The molecule has 5 heteroatoms. The van der Waals surface area contributed by atoms with Crippen LogP contribution in [0.1, 0.15) is 43.6 Å². The monoisotopic (exact) mass is 345 g/mol. The van der Waals surface area contributed by atoms with Crippen LogP contribution in [0, 0.1) is 11.3 Å². The van der Waals surface area contributed by atoms with Gasteiger partial charge in [-0.3, -0.25) is 9.59 Å².